The Labute approximate surface area is 111 Å². The third-order valence-corrected chi connectivity index (χ3v) is 3.47. The Morgan fingerprint density at radius 3 is 2.89 bits per heavy atom. The van der Waals surface area contributed by atoms with Gasteiger partial charge in [-0.3, -0.25) is 4.79 Å². The fourth-order valence-electron chi connectivity index (χ4n) is 2.44. The number of amides is 2. The summed E-state index contributed by atoms with van der Waals surface area (Å²) in [6.07, 6.45) is 3.70. The summed E-state index contributed by atoms with van der Waals surface area (Å²) < 4.78 is 5.19. The number of rotatable bonds is 4. The third kappa shape index (κ3) is 3.27. The topological polar surface area (TPSA) is 91.6 Å². The van der Waals surface area contributed by atoms with E-state index in [-0.39, 0.29) is 18.1 Å². The molecule has 104 valence electrons. The van der Waals surface area contributed by atoms with Crippen LogP contribution in [-0.4, -0.2) is 23.1 Å². The van der Waals surface area contributed by atoms with E-state index < -0.39 is 11.9 Å². The molecule has 3 N–H and O–H groups in total. The van der Waals surface area contributed by atoms with Crippen LogP contribution < -0.4 is 10.6 Å². The summed E-state index contributed by atoms with van der Waals surface area (Å²) in [4.78, 5) is 22.8. The first-order valence-corrected chi connectivity index (χ1v) is 6.41. The summed E-state index contributed by atoms with van der Waals surface area (Å²) in [7, 11) is 0. The molecular weight excluding hydrogens is 248 g/mol. The lowest BCUT2D eigenvalue weighted by molar-refractivity contribution is -0.142. The van der Waals surface area contributed by atoms with Gasteiger partial charge in [0.2, 0.25) is 0 Å². The van der Waals surface area contributed by atoms with Gasteiger partial charge in [-0.15, -0.1) is 0 Å². The molecule has 0 spiro atoms. The van der Waals surface area contributed by atoms with E-state index in [1.165, 1.54) is 0 Å². The van der Waals surface area contributed by atoms with Crippen LogP contribution in [0.25, 0.3) is 0 Å². The highest BCUT2D eigenvalue weighted by Gasteiger charge is 2.34. The summed E-state index contributed by atoms with van der Waals surface area (Å²) >= 11 is 0. The van der Waals surface area contributed by atoms with Crippen molar-refractivity contribution in [2.24, 2.45) is 5.92 Å². The number of carboxylic acid groups (broad SMARTS) is 1. The van der Waals surface area contributed by atoms with Crippen molar-refractivity contribution < 1.29 is 19.1 Å². The largest absolute Gasteiger partial charge is 0.481 e. The average molecular weight is 266 g/mol. The standard InChI is InChI=1S/C13H18N2O4/c1-8(11-6-3-7-19-11)14-13(18)15-10-5-2-4-9(10)12(16)17/h3,6-10H,2,4-5H2,1H3,(H,16,17)(H2,14,15,18). The van der Waals surface area contributed by atoms with Gasteiger partial charge < -0.3 is 20.2 Å². The molecule has 0 aromatic carbocycles. The van der Waals surface area contributed by atoms with Crippen molar-refractivity contribution in [3.05, 3.63) is 24.2 Å². The van der Waals surface area contributed by atoms with Crippen LogP contribution >= 0.6 is 0 Å². The molecule has 6 nitrogen and oxygen atoms in total. The smallest absolute Gasteiger partial charge is 0.315 e. The van der Waals surface area contributed by atoms with Crippen LogP contribution in [0.1, 0.15) is 38.0 Å². The highest BCUT2D eigenvalue weighted by Crippen LogP contribution is 2.25. The van der Waals surface area contributed by atoms with E-state index >= 15 is 0 Å². The second-order valence-corrected chi connectivity index (χ2v) is 4.84. The SMILES string of the molecule is CC(NC(=O)NC1CCCC1C(=O)O)c1ccco1. The number of carbonyl (C=O) groups is 2. The fraction of sp³-hybridized carbons (Fsp3) is 0.538. The molecule has 1 aromatic rings. The van der Waals surface area contributed by atoms with E-state index in [1.807, 2.05) is 6.92 Å². The Balaban J connectivity index is 1.86. The molecule has 1 heterocycles. The lowest BCUT2D eigenvalue weighted by Gasteiger charge is -2.19. The minimum Gasteiger partial charge on any atom is -0.481 e. The van der Waals surface area contributed by atoms with Gasteiger partial charge in [-0.1, -0.05) is 6.42 Å². The van der Waals surface area contributed by atoms with Crippen LogP contribution in [0, 0.1) is 5.92 Å². The lowest BCUT2D eigenvalue weighted by Crippen LogP contribution is -2.45. The maximum absolute atomic E-state index is 11.8. The molecule has 2 rings (SSSR count). The molecule has 1 aliphatic carbocycles. The highest BCUT2D eigenvalue weighted by molar-refractivity contribution is 5.77. The van der Waals surface area contributed by atoms with Crippen LogP contribution in [0.4, 0.5) is 4.79 Å². The number of carboxylic acids is 1. The number of urea groups is 1. The van der Waals surface area contributed by atoms with Gasteiger partial charge in [0.15, 0.2) is 0 Å². The minimum atomic E-state index is -0.845. The van der Waals surface area contributed by atoms with Gasteiger partial charge in [0.05, 0.1) is 18.2 Å². The zero-order valence-electron chi connectivity index (χ0n) is 10.8. The van der Waals surface area contributed by atoms with Gasteiger partial charge in [-0.25, -0.2) is 4.79 Å². The first kappa shape index (κ1) is 13.5. The maximum Gasteiger partial charge on any atom is 0.315 e. The predicted molar refractivity (Wildman–Crippen MR) is 67.6 cm³/mol. The Bertz CT molecular complexity index is 444. The highest BCUT2D eigenvalue weighted by atomic mass is 16.4. The molecule has 1 aromatic heterocycles. The van der Waals surface area contributed by atoms with Gasteiger partial charge >= 0.3 is 12.0 Å². The number of carbonyl (C=O) groups excluding carboxylic acids is 1. The van der Waals surface area contributed by atoms with Crippen molar-refractivity contribution in [2.45, 2.75) is 38.3 Å². The average Bonchev–Trinajstić information content (AvgIpc) is 2.98. The summed E-state index contributed by atoms with van der Waals surface area (Å²) in [6.45, 7) is 1.81. The van der Waals surface area contributed by atoms with Crippen LogP contribution in [0.2, 0.25) is 0 Å². The summed E-state index contributed by atoms with van der Waals surface area (Å²) in [5, 5.41) is 14.5. The van der Waals surface area contributed by atoms with Crippen molar-refractivity contribution in [3.8, 4) is 0 Å². The Morgan fingerprint density at radius 2 is 2.26 bits per heavy atom. The molecule has 0 radical (unpaired) electrons. The zero-order chi connectivity index (χ0) is 13.8. The Kier molecular flexibility index (Phi) is 4.09. The monoisotopic (exact) mass is 266 g/mol. The van der Waals surface area contributed by atoms with Crippen molar-refractivity contribution >= 4 is 12.0 Å². The minimum absolute atomic E-state index is 0.250. The molecule has 0 saturated heterocycles. The van der Waals surface area contributed by atoms with Crippen molar-refractivity contribution in [1.29, 1.82) is 0 Å². The summed E-state index contributed by atoms with van der Waals surface area (Å²) in [6, 6.07) is 2.63. The first-order valence-electron chi connectivity index (χ1n) is 6.41. The van der Waals surface area contributed by atoms with Gasteiger partial charge in [0.1, 0.15) is 5.76 Å². The van der Waals surface area contributed by atoms with Gasteiger partial charge in [-0.05, 0) is 31.9 Å². The molecule has 1 aliphatic rings. The Hall–Kier alpha value is -1.98. The number of aliphatic carboxylic acids is 1. The van der Waals surface area contributed by atoms with E-state index in [1.54, 1.807) is 18.4 Å². The summed E-state index contributed by atoms with van der Waals surface area (Å²) in [5.41, 5.74) is 0. The van der Waals surface area contributed by atoms with E-state index in [2.05, 4.69) is 10.6 Å². The van der Waals surface area contributed by atoms with Gasteiger partial charge in [0.25, 0.3) is 0 Å². The van der Waals surface area contributed by atoms with Crippen molar-refractivity contribution in [3.63, 3.8) is 0 Å². The van der Waals surface area contributed by atoms with Gasteiger partial charge in [0, 0.05) is 6.04 Å². The molecule has 1 fully saturated rings. The second-order valence-electron chi connectivity index (χ2n) is 4.84. The molecular formula is C13H18N2O4. The molecule has 3 atom stereocenters. The normalized spacial score (nSPS) is 23.8. The van der Waals surface area contributed by atoms with Gasteiger partial charge in [-0.2, -0.15) is 0 Å². The first-order chi connectivity index (χ1) is 9.08. The number of nitrogens with one attached hydrogen (secondary N) is 2. The maximum atomic E-state index is 11.8. The van der Waals surface area contributed by atoms with E-state index in [0.717, 1.165) is 6.42 Å². The number of furan rings is 1. The van der Waals surface area contributed by atoms with E-state index in [9.17, 15) is 9.59 Å². The molecule has 19 heavy (non-hydrogen) atoms. The predicted octanol–water partition coefficient (Wildman–Crippen LogP) is 1.89. The van der Waals surface area contributed by atoms with Crippen LogP contribution in [0.5, 0.6) is 0 Å². The van der Waals surface area contributed by atoms with Crippen LogP contribution in [-0.2, 0) is 4.79 Å². The fourth-order valence-corrected chi connectivity index (χ4v) is 2.44. The molecule has 0 aliphatic heterocycles. The Morgan fingerprint density at radius 1 is 1.47 bits per heavy atom. The van der Waals surface area contributed by atoms with E-state index in [0.29, 0.717) is 18.6 Å². The molecule has 1 saturated carbocycles. The second kappa shape index (κ2) is 5.77. The van der Waals surface area contributed by atoms with Crippen molar-refractivity contribution in [2.75, 3.05) is 0 Å². The summed E-state index contributed by atoms with van der Waals surface area (Å²) in [5.74, 6) is -0.664. The number of hydrogen-bond donors (Lipinski definition) is 3. The van der Waals surface area contributed by atoms with Crippen molar-refractivity contribution in [1.82, 2.24) is 10.6 Å². The number of hydrogen-bond acceptors (Lipinski definition) is 3. The quantitative estimate of drug-likeness (QED) is 0.776. The lowest BCUT2D eigenvalue weighted by atomic mass is 10.0. The molecule has 2 amide bonds. The third-order valence-electron chi connectivity index (χ3n) is 3.47. The molecule has 3 unspecified atom stereocenters. The van der Waals surface area contributed by atoms with Crippen LogP contribution in [0.3, 0.4) is 0 Å². The van der Waals surface area contributed by atoms with Crippen LogP contribution in [0.15, 0.2) is 22.8 Å². The molecule has 6 heteroatoms. The zero-order valence-corrected chi connectivity index (χ0v) is 10.8. The van der Waals surface area contributed by atoms with E-state index in [4.69, 9.17) is 9.52 Å². The molecule has 0 bridgehead atoms.